The van der Waals surface area contributed by atoms with Gasteiger partial charge in [0.25, 0.3) is 0 Å². The van der Waals surface area contributed by atoms with E-state index in [0.717, 1.165) is 18.9 Å². The van der Waals surface area contributed by atoms with Crippen molar-refractivity contribution in [2.45, 2.75) is 45.6 Å². The fourth-order valence-electron chi connectivity index (χ4n) is 2.64. The molecule has 20 heavy (non-hydrogen) atoms. The molecule has 0 aliphatic carbocycles. The summed E-state index contributed by atoms with van der Waals surface area (Å²) in [6, 6.07) is 4.58. The summed E-state index contributed by atoms with van der Waals surface area (Å²) in [7, 11) is 0. The highest BCUT2D eigenvalue weighted by Gasteiger charge is 2.20. The average molecular weight is 294 g/mol. The fourth-order valence-corrected chi connectivity index (χ4v) is 3.35. The van der Waals surface area contributed by atoms with Crippen molar-refractivity contribution < 1.29 is 4.79 Å². The lowest BCUT2D eigenvalue weighted by Gasteiger charge is -2.35. The van der Waals surface area contributed by atoms with Crippen LogP contribution in [0.2, 0.25) is 0 Å². The smallest absolute Gasteiger partial charge is 0.220 e. The van der Waals surface area contributed by atoms with Crippen molar-refractivity contribution in [2.24, 2.45) is 5.92 Å². The molecule has 1 aromatic rings. The van der Waals surface area contributed by atoms with Gasteiger partial charge in [0.15, 0.2) is 0 Å². The Bertz CT molecular complexity index is 397. The number of nitrogens with one attached hydrogen (secondary N) is 1. The van der Waals surface area contributed by atoms with Crippen molar-refractivity contribution in [3.63, 3.8) is 0 Å². The van der Waals surface area contributed by atoms with E-state index < -0.39 is 0 Å². The highest BCUT2D eigenvalue weighted by atomic mass is 32.1. The molecule has 1 unspecified atom stereocenters. The summed E-state index contributed by atoms with van der Waals surface area (Å²) in [5.41, 5.74) is 0. The van der Waals surface area contributed by atoms with Crippen LogP contribution in [0.3, 0.4) is 0 Å². The molecule has 0 aromatic carbocycles. The summed E-state index contributed by atoms with van der Waals surface area (Å²) in [6.45, 7) is 7.67. The first-order chi connectivity index (χ1) is 9.65. The Labute approximate surface area is 126 Å². The van der Waals surface area contributed by atoms with Crippen LogP contribution < -0.4 is 5.32 Å². The standard InChI is InChI=1S/C16H26N2OS/c1-13-7-9-18(10-8-13)14(2)12-17-16(19)6-5-15-4-3-11-20-15/h3-4,11,13-14H,5-10,12H2,1-2H3,(H,17,19). The highest BCUT2D eigenvalue weighted by molar-refractivity contribution is 7.09. The number of likely N-dealkylation sites (tertiary alicyclic amines) is 1. The van der Waals surface area contributed by atoms with Gasteiger partial charge in [-0.15, -0.1) is 11.3 Å². The zero-order valence-corrected chi connectivity index (χ0v) is 13.4. The molecule has 2 rings (SSSR count). The van der Waals surface area contributed by atoms with Crippen LogP contribution in [0.15, 0.2) is 17.5 Å². The molecular formula is C16H26N2OS. The van der Waals surface area contributed by atoms with Gasteiger partial charge in [-0.25, -0.2) is 0 Å². The molecule has 1 atom stereocenters. The third kappa shape index (κ3) is 4.91. The Balaban J connectivity index is 1.62. The van der Waals surface area contributed by atoms with Gasteiger partial charge in [-0.05, 0) is 56.6 Å². The van der Waals surface area contributed by atoms with E-state index in [9.17, 15) is 4.79 Å². The summed E-state index contributed by atoms with van der Waals surface area (Å²) in [5, 5.41) is 5.14. The van der Waals surface area contributed by atoms with Gasteiger partial charge < -0.3 is 5.32 Å². The Morgan fingerprint density at radius 3 is 2.90 bits per heavy atom. The van der Waals surface area contributed by atoms with Gasteiger partial charge in [-0.1, -0.05) is 13.0 Å². The Morgan fingerprint density at radius 1 is 1.50 bits per heavy atom. The van der Waals surface area contributed by atoms with Crippen LogP contribution in [0.1, 0.15) is 38.0 Å². The van der Waals surface area contributed by atoms with Crippen LogP contribution in [0.5, 0.6) is 0 Å². The van der Waals surface area contributed by atoms with Gasteiger partial charge >= 0.3 is 0 Å². The largest absolute Gasteiger partial charge is 0.355 e. The first-order valence-electron chi connectivity index (χ1n) is 7.68. The summed E-state index contributed by atoms with van der Waals surface area (Å²) in [4.78, 5) is 15.6. The molecule has 2 heterocycles. The van der Waals surface area contributed by atoms with E-state index in [1.54, 1.807) is 11.3 Å². The number of thiophene rings is 1. The van der Waals surface area contributed by atoms with Gasteiger partial charge in [0.1, 0.15) is 0 Å². The number of carbonyl (C=O) groups is 1. The molecule has 1 fully saturated rings. The first kappa shape index (κ1) is 15.5. The molecule has 0 radical (unpaired) electrons. The molecule has 0 bridgehead atoms. The zero-order valence-electron chi connectivity index (χ0n) is 12.6. The number of nitrogens with zero attached hydrogens (tertiary/aromatic N) is 1. The molecule has 1 aromatic heterocycles. The van der Waals surface area contributed by atoms with Crippen LogP contribution in [0, 0.1) is 5.92 Å². The van der Waals surface area contributed by atoms with E-state index in [-0.39, 0.29) is 5.91 Å². The lowest BCUT2D eigenvalue weighted by molar-refractivity contribution is -0.121. The quantitative estimate of drug-likeness (QED) is 0.875. The predicted molar refractivity (Wildman–Crippen MR) is 85.1 cm³/mol. The minimum Gasteiger partial charge on any atom is -0.355 e. The van der Waals surface area contributed by atoms with Crippen molar-refractivity contribution in [1.82, 2.24) is 10.2 Å². The van der Waals surface area contributed by atoms with Gasteiger partial charge in [-0.3, -0.25) is 9.69 Å². The maximum atomic E-state index is 11.9. The number of hydrogen-bond donors (Lipinski definition) is 1. The Hall–Kier alpha value is -0.870. The number of carbonyl (C=O) groups excluding carboxylic acids is 1. The van der Waals surface area contributed by atoms with Crippen LogP contribution in [-0.2, 0) is 11.2 Å². The second-order valence-electron chi connectivity index (χ2n) is 5.95. The van der Waals surface area contributed by atoms with Gasteiger partial charge in [0.2, 0.25) is 5.91 Å². The van der Waals surface area contributed by atoms with E-state index in [2.05, 4.69) is 35.5 Å². The average Bonchev–Trinajstić information content (AvgIpc) is 2.96. The number of piperidine rings is 1. The molecule has 0 saturated carbocycles. The summed E-state index contributed by atoms with van der Waals surface area (Å²) in [6.07, 6.45) is 4.04. The van der Waals surface area contributed by atoms with E-state index in [1.807, 2.05) is 6.07 Å². The van der Waals surface area contributed by atoms with Crippen molar-refractivity contribution in [2.75, 3.05) is 19.6 Å². The van der Waals surface area contributed by atoms with Crippen LogP contribution in [-0.4, -0.2) is 36.5 Å². The third-order valence-electron chi connectivity index (χ3n) is 4.21. The zero-order chi connectivity index (χ0) is 14.4. The van der Waals surface area contributed by atoms with E-state index in [1.165, 1.54) is 30.8 Å². The van der Waals surface area contributed by atoms with E-state index in [0.29, 0.717) is 12.5 Å². The number of rotatable bonds is 6. The molecule has 1 N–H and O–H groups in total. The topological polar surface area (TPSA) is 32.3 Å². The third-order valence-corrected chi connectivity index (χ3v) is 5.15. The van der Waals surface area contributed by atoms with Crippen molar-refractivity contribution >= 4 is 17.2 Å². The summed E-state index contributed by atoms with van der Waals surface area (Å²) >= 11 is 1.72. The first-order valence-corrected chi connectivity index (χ1v) is 8.56. The number of aryl methyl sites for hydroxylation is 1. The van der Waals surface area contributed by atoms with Crippen molar-refractivity contribution in [3.05, 3.63) is 22.4 Å². The lowest BCUT2D eigenvalue weighted by Crippen LogP contribution is -2.45. The number of amides is 1. The van der Waals surface area contributed by atoms with E-state index in [4.69, 9.17) is 0 Å². The molecule has 0 spiro atoms. The minimum atomic E-state index is 0.177. The predicted octanol–water partition coefficient (Wildman–Crippen LogP) is 2.92. The second-order valence-corrected chi connectivity index (χ2v) is 6.98. The normalized spacial score (nSPS) is 18.9. The van der Waals surface area contributed by atoms with E-state index >= 15 is 0 Å². The molecule has 1 saturated heterocycles. The van der Waals surface area contributed by atoms with Crippen molar-refractivity contribution in [3.8, 4) is 0 Å². The second kappa shape index (κ2) is 7.79. The number of hydrogen-bond acceptors (Lipinski definition) is 3. The Morgan fingerprint density at radius 2 is 2.25 bits per heavy atom. The lowest BCUT2D eigenvalue weighted by atomic mass is 9.98. The molecule has 4 heteroatoms. The molecule has 1 amide bonds. The monoisotopic (exact) mass is 294 g/mol. The molecule has 1 aliphatic heterocycles. The summed E-state index contributed by atoms with van der Waals surface area (Å²) in [5.74, 6) is 1.04. The van der Waals surface area contributed by atoms with Gasteiger partial charge in [-0.2, -0.15) is 0 Å². The minimum absolute atomic E-state index is 0.177. The van der Waals surface area contributed by atoms with Crippen molar-refractivity contribution in [1.29, 1.82) is 0 Å². The Kier molecular flexibility index (Phi) is 6.05. The summed E-state index contributed by atoms with van der Waals surface area (Å²) < 4.78 is 0. The van der Waals surface area contributed by atoms with Crippen LogP contribution >= 0.6 is 11.3 Å². The highest BCUT2D eigenvalue weighted by Crippen LogP contribution is 2.17. The molecular weight excluding hydrogens is 268 g/mol. The molecule has 112 valence electrons. The van der Waals surface area contributed by atoms with Crippen LogP contribution in [0.25, 0.3) is 0 Å². The maximum Gasteiger partial charge on any atom is 0.220 e. The SMILES string of the molecule is CC1CCN(C(C)CNC(=O)CCc2cccs2)CC1. The van der Waals surface area contributed by atoms with Gasteiger partial charge in [0, 0.05) is 23.9 Å². The van der Waals surface area contributed by atoms with Crippen LogP contribution in [0.4, 0.5) is 0 Å². The van der Waals surface area contributed by atoms with Gasteiger partial charge in [0.05, 0.1) is 0 Å². The fraction of sp³-hybridized carbons (Fsp3) is 0.688. The molecule has 3 nitrogen and oxygen atoms in total. The maximum absolute atomic E-state index is 11.9. The molecule has 1 aliphatic rings.